The topological polar surface area (TPSA) is 57.6 Å². The van der Waals surface area contributed by atoms with Gasteiger partial charge in [-0.2, -0.15) is 4.31 Å². The van der Waals surface area contributed by atoms with Gasteiger partial charge in [0.1, 0.15) is 6.10 Å². The highest BCUT2D eigenvalue weighted by atomic mass is 32.2. The average Bonchev–Trinajstić information content (AvgIpc) is 2.69. The van der Waals surface area contributed by atoms with Crippen LogP contribution < -0.4 is 0 Å². The quantitative estimate of drug-likeness (QED) is 0.555. The predicted octanol–water partition coefficient (Wildman–Crippen LogP) is 4.03. The summed E-state index contributed by atoms with van der Waals surface area (Å²) in [7, 11) is -3.68. The maximum Gasteiger partial charge on any atom is 0.244 e. The normalized spacial score (nSPS) is 12.4. The Morgan fingerprint density at radius 3 is 2.38 bits per heavy atom. The zero-order valence-electron chi connectivity index (χ0n) is 17.0. The van der Waals surface area contributed by atoms with Crippen molar-refractivity contribution in [3.8, 4) is 11.8 Å². The molecule has 1 atom stereocenters. The molecule has 0 saturated heterocycles. The fraction of sp³-hybridized carbons (Fsp3) is 0.250. The molecule has 0 aliphatic heterocycles. The van der Waals surface area contributed by atoms with E-state index in [0.29, 0.717) is 0 Å². The number of sulfonamides is 1. The zero-order valence-corrected chi connectivity index (χ0v) is 17.9. The summed E-state index contributed by atoms with van der Waals surface area (Å²) in [5.41, 5.74) is 2.97. The van der Waals surface area contributed by atoms with Gasteiger partial charge in [0, 0.05) is 6.54 Å². The molecule has 2 aromatic carbocycles. The smallest absolute Gasteiger partial charge is 0.244 e. The van der Waals surface area contributed by atoms with E-state index in [1.807, 2.05) is 57.2 Å². The van der Waals surface area contributed by atoms with Gasteiger partial charge in [-0.15, -0.1) is 0 Å². The number of hydrogen-bond acceptors (Lipinski definition) is 3. The van der Waals surface area contributed by atoms with Crippen LogP contribution in [-0.4, -0.2) is 37.0 Å². The van der Waals surface area contributed by atoms with E-state index in [9.17, 15) is 13.5 Å². The monoisotopic (exact) mass is 409 g/mol. The molecule has 0 aromatic heterocycles. The second-order valence-electron chi connectivity index (χ2n) is 6.93. The van der Waals surface area contributed by atoms with E-state index in [4.69, 9.17) is 0 Å². The van der Waals surface area contributed by atoms with Crippen LogP contribution in [0.4, 0.5) is 0 Å². The molecule has 1 unspecified atom stereocenters. The average molecular weight is 410 g/mol. The molecule has 0 heterocycles. The van der Waals surface area contributed by atoms with Crippen LogP contribution in [0.25, 0.3) is 6.08 Å². The molecule has 0 aliphatic carbocycles. The van der Waals surface area contributed by atoms with Crippen LogP contribution in [0.2, 0.25) is 0 Å². The van der Waals surface area contributed by atoms with Crippen molar-refractivity contribution in [1.29, 1.82) is 0 Å². The molecular formula is C24H27NO3S. The summed E-state index contributed by atoms with van der Waals surface area (Å²) in [5, 5.41) is 10.1. The lowest BCUT2D eigenvalue weighted by Crippen LogP contribution is -2.32. The van der Waals surface area contributed by atoms with E-state index >= 15 is 0 Å². The molecule has 0 fully saturated rings. The summed E-state index contributed by atoms with van der Waals surface area (Å²) < 4.78 is 27.3. The molecule has 0 aliphatic rings. The highest BCUT2D eigenvalue weighted by Gasteiger charge is 2.22. The number of aryl methyl sites for hydroxylation is 1. The van der Waals surface area contributed by atoms with Gasteiger partial charge in [0.2, 0.25) is 10.0 Å². The molecular weight excluding hydrogens is 382 g/mol. The third-order valence-electron chi connectivity index (χ3n) is 4.14. The zero-order chi connectivity index (χ0) is 21.3. The number of aliphatic hydroxyl groups is 1. The first kappa shape index (κ1) is 22.6. The van der Waals surface area contributed by atoms with Crippen molar-refractivity contribution in [2.75, 3.05) is 13.1 Å². The Morgan fingerprint density at radius 2 is 1.76 bits per heavy atom. The Hall–Kier alpha value is -2.65. The number of nitrogens with zero attached hydrogens (tertiary/aromatic N) is 1. The lowest BCUT2D eigenvalue weighted by Gasteiger charge is -2.18. The number of hydrogen-bond donors (Lipinski definition) is 1. The standard InChI is InChI=1S/C24H27NO3S/c1-20(2)17-19-25(29(27,28)24-15-11-21(3)12-16-24)18-7-10-23(26)14-13-22-8-5-4-6-9-22/h4-6,8-9,11-17,23,26H,18-19H2,1-3H3/b14-13-. The minimum absolute atomic E-state index is 0.00374. The number of rotatable bonds is 7. The van der Waals surface area contributed by atoms with E-state index < -0.39 is 16.1 Å². The van der Waals surface area contributed by atoms with E-state index in [1.54, 1.807) is 36.4 Å². The minimum Gasteiger partial charge on any atom is -0.377 e. The molecule has 0 radical (unpaired) electrons. The molecule has 29 heavy (non-hydrogen) atoms. The molecule has 0 bridgehead atoms. The summed E-state index contributed by atoms with van der Waals surface area (Å²) in [5.74, 6) is 5.49. The lowest BCUT2D eigenvalue weighted by molar-refractivity contribution is 0.281. The first-order valence-corrected chi connectivity index (χ1v) is 10.8. The van der Waals surface area contributed by atoms with E-state index in [2.05, 4.69) is 11.8 Å². The Bertz CT molecular complexity index is 1010. The van der Waals surface area contributed by atoms with Crippen molar-refractivity contribution < 1.29 is 13.5 Å². The van der Waals surface area contributed by atoms with E-state index in [0.717, 1.165) is 16.7 Å². The van der Waals surface area contributed by atoms with Crippen molar-refractivity contribution >= 4 is 16.1 Å². The minimum atomic E-state index is -3.68. The Labute approximate surface area is 174 Å². The SMILES string of the molecule is CC(C)=CCN(CC#CC(O)/C=C\c1ccccc1)S(=O)(=O)c1ccc(C)cc1. The molecule has 5 heteroatoms. The van der Waals surface area contributed by atoms with E-state index in [-0.39, 0.29) is 18.0 Å². The largest absolute Gasteiger partial charge is 0.377 e. The van der Waals surface area contributed by atoms with Gasteiger partial charge in [0.25, 0.3) is 0 Å². The van der Waals surface area contributed by atoms with Crippen LogP contribution in [0.3, 0.4) is 0 Å². The van der Waals surface area contributed by atoms with Crippen molar-refractivity contribution in [1.82, 2.24) is 4.31 Å². The van der Waals surface area contributed by atoms with Crippen molar-refractivity contribution in [2.24, 2.45) is 0 Å². The summed E-state index contributed by atoms with van der Waals surface area (Å²) in [4.78, 5) is 0.233. The first-order chi connectivity index (χ1) is 13.8. The van der Waals surface area contributed by atoms with Crippen molar-refractivity contribution in [3.05, 3.63) is 83.4 Å². The molecule has 4 nitrogen and oxygen atoms in total. The Kier molecular flexibility index (Phi) is 8.41. The lowest BCUT2D eigenvalue weighted by atomic mass is 10.2. The summed E-state index contributed by atoms with van der Waals surface area (Å²) in [6.07, 6.45) is 4.24. The van der Waals surface area contributed by atoms with E-state index in [1.165, 1.54) is 4.31 Å². The third kappa shape index (κ3) is 7.35. The van der Waals surface area contributed by atoms with Crippen LogP contribution in [0.15, 0.2) is 77.2 Å². The summed E-state index contributed by atoms with van der Waals surface area (Å²) in [6.45, 7) is 5.97. The number of benzene rings is 2. The van der Waals surface area contributed by atoms with Gasteiger partial charge in [0.05, 0.1) is 11.4 Å². The van der Waals surface area contributed by atoms with Crippen LogP contribution in [-0.2, 0) is 10.0 Å². The highest BCUT2D eigenvalue weighted by Crippen LogP contribution is 2.16. The predicted molar refractivity (Wildman–Crippen MR) is 119 cm³/mol. The highest BCUT2D eigenvalue weighted by molar-refractivity contribution is 7.89. The Balaban J connectivity index is 2.15. The second kappa shape index (κ2) is 10.8. The van der Waals surface area contributed by atoms with Crippen LogP contribution >= 0.6 is 0 Å². The van der Waals surface area contributed by atoms with Crippen LogP contribution in [0, 0.1) is 18.8 Å². The fourth-order valence-corrected chi connectivity index (χ4v) is 3.73. The maximum absolute atomic E-state index is 13.0. The number of allylic oxidation sites excluding steroid dienone is 1. The summed E-state index contributed by atoms with van der Waals surface area (Å²) >= 11 is 0. The molecule has 2 aromatic rings. The summed E-state index contributed by atoms with van der Waals surface area (Å²) in [6, 6.07) is 16.3. The number of aliphatic hydroxyl groups excluding tert-OH is 1. The molecule has 0 saturated carbocycles. The van der Waals surface area contributed by atoms with Crippen LogP contribution in [0.1, 0.15) is 25.0 Å². The first-order valence-electron chi connectivity index (χ1n) is 9.39. The van der Waals surface area contributed by atoms with Gasteiger partial charge in [-0.1, -0.05) is 77.6 Å². The molecule has 0 spiro atoms. The van der Waals surface area contributed by atoms with Crippen LogP contribution in [0.5, 0.6) is 0 Å². The van der Waals surface area contributed by atoms with Gasteiger partial charge in [-0.3, -0.25) is 0 Å². The molecule has 0 amide bonds. The van der Waals surface area contributed by atoms with Gasteiger partial charge >= 0.3 is 0 Å². The third-order valence-corrected chi connectivity index (χ3v) is 5.96. The van der Waals surface area contributed by atoms with Gasteiger partial charge in [-0.05, 0) is 44.5 Å². The van der Waals surface area contributed by atoms with Crippen molar-refractivity contribution in [3.63, 3.8) is 0 Å². The molecule has 152 valence electrons. The second-order valence-corrected chi connectivity index (χ2v) is 8.87. The van der Waals surface area contributed by atoms with Crippen molar-refractivity contribution in [2.45, 2.75) is 31.8 Å². The molecule has 2 rings (SSSR count). The molecule has 1 N–H and O–H groups in total. The fourth-order valence-electron chi connectivity index (χ4n) is 2.44. The van der Waals surface area contributed by atoms with Gasteiger partial charge in [-0.25, -0.2) is 8.42 Å². The maximum atomic E-state index is 13.0. The van der Waals surface area contributed by atoms with Gasteiger partial charge < -0.3 is 5.11 Å². The van der Waals surface area contributed by atoms with Gasteiger partial charge in [0.15, 0.2) is 0 Å². The Morgan fingerprint density at radius 1 is 1.10 bits per heavy atom.